The van der Waals surface area contributed by atoms with Gasteiger partial charge in [-0.2, -0.15) is 0 Å². The molecule has 3 N–H and O–H groups in total. The Morgan fingerprint density at radius 1 is 1.50 bits per heavy atom. The molecule has 6 heteroatoms. The largest absolute Gasteiger partial charge is 0.380 e. The Morgan fingerprint density at radius 2 is 2.33 bits per heavy atom. The molecule has 1 aromatic heterocycles. The number of ether oxygens (including phenoxy) is 1. The Labute approximate surface area is 108 Å². The van der Waals surface area contributed by atoms with Crippen LogP contribution in [0.2, 0.25) is 0 Å². The van der Waals surface area contributed by atoms with Gasteiger partial charge in [-0.1, -0.05) is 6.92 Å². The van der Waals surface area contributed by atoms with E-state index in [1.165, 1.54) is 0 Å². The number of aromatic nitrogens is 2. The molecule has 2 atom stereocenters. The molecular weight excluding hydrogens is 230 g/mol. The van der Waals surface area contributed by atoms with E-state index < -0.39 is 0 Å². The average molecular weight is 251 g/mol. The maximum Gasteiger partial charge on any atom is 0.158 e. The minimum Gasteiger partial charge on any atom is -0.380 e. The number of hydrazine groups is 1. The van der Waals surface area contributed by atoms with Crippen molar-refractivity contribution in [2.75, 3.05) is 25.6 Å². The first-order chi connectivity index (χ1) is 8.72. The maximum atomic E-state index is 5.50. The lowest BCUT2D eigenvalue weighted by Gasteiger charge is -2.35. The van der Waals surface area contributed by atoms with Crippen LogP contribution in [-0.2, 0) is 11.3 Å². The maximum absolute atomic E-state index is 5.50. The van der Waals surface area contributed by atoms with Gasteiger partial charge in [0.05, 0.1) is 24.2 Å². The lowest BCUT2D eigenvalue weighted by molar-refractivity contribution is -0.00781. The van der Waals surface area contributed by atoms with Crippen molar-refractivity contribution in [2.45, 2.75) is 26.0 Å². The fourth-order valence-electron chi connectivity index (χ4n) is 2.29. The second-order valence-electron chi connectivity index (χ2n) is 4.81. The van der Waals surface area contributed by atoms with Gasteiger partial charge in [-0.15, -0.1) is 0 Å². The zero-order valence-corrected chi connectivity index (χ0v) is 11.0. The molecule has 100 valence electrons. The summed E-state index contributed by atoms with van der Waals surface area (Å²) in [6, 6.07) is 0. The summed E-state index contributed by atoms with van der Waals surface area (Å²) in [6.45, 7) is 5.09. The van der Waals surface area contributed by atoms with Crippen molar-refractivity contribution in [1.82, 2.24) is 14.9 Å². The van der Waals surface area contributed by atoms with Crippen molar-refractivity contribution in [3.05, 3.63) is 18.1 Å². The Balaban J connectivity index is 1.92. The molecule has 1 saturated heterocycles. The van der Waals surface area contributed by atoms with Crippen molar-refractivity contribution < 1.29 is 4.74 Å². The second-order valence-corrected chi connectivity index (χ2v) is 4.81. The second kappa shape index (κ2) is 6.08. The van der Waals surface area contributed by atoms with E-state index in [0.29, 0.717) is 17.8 Å². The number of rotatable bonds is 4. The molecule has 0 spiro atoms. The summed E-state index contributed by atoms with van der Waals surface area (Å²) >= 11 is 0. The zero-order valence-electron chi connectivity index (χ0n) is 11.0. The molecule has 1 aliphatic heterocycles. The molecule has 0 bridgehead atoms. The van der Waals surface area contributed by atoms with Crippen molar-refractivity contribution in [2.24, 2.45) is 11.8 Å². The van der Waals surface area contributed by atoms with Crippen LogP contribution in [0, 0.1) is 5.92 Å². The van der Waals surface area contributed by atoms with E-state index in [0.717, 1.165) is 31.7 Å². The highest BCUT2D eigenvalue weighted by Crippen LogP contribution is 2.20. The molecule has 0 amide bonds. The number of piperidine rings is 1. The van der Waals surface area contributed by atoms with Crippen molar-refractivity contribution in [1.29, 1.82) is 0 Å². The molecule has 0 aromatic carbocycles. The van der Waals surface area contributed by atoms with Crippen LogP contribution < -0.4 is 11.3 Å². The predicted molar refractivity (Wildman–Crippen MR) is 69.7 cm³/mol. The lowest BCUT2D eigenvalue weighted by Crippen LogP contribution is -2.43. The van der Waals surface area contributed by atoms with E-state index in [-0.39, 0.29) is 0 Å². The average Bonchev–Trinajstić information content (AvgIpc) is 2.42. The van der Waals surface area contributed by atoms with Gasteiger partial charge >= 0.3 is 0 Å². The number of nitrogens with two attached hydrogens (primary N) is 1. The number of nitrogen functional groups attached to an aromatic ring is 1. The zero-order chi connectivity index (χ0) is 13.0. The molecule has 0 aliphatic carbocycles. The normalized spacial score (nSPS) is 25.1. The number of nitrogens with one attached hydrogen (secondary N) is 1. The molecule has 1 aromatic rings. The Kier molecular flexibility index (Phi) is 4.46. The van der Waals surface area contributed by atoms with Crippen LogP contribution in [-0.4, -0.2) is 41.2 Å². The minimum absolute atomic E-state index is 0.316. The number of hydrogen-bond acceptors (Lipinski definition) is 6. The molecule has 1 fully saturated rings. The lowest BCUT2D eigenvalue weighted by atomic mass is 9.96. The number of likely N-dealkylation sites (tertiary alicyclic amines) is 1. The molecule has 2 rings (SSSR count). The fourth-order valence-corrected chi connectivity index (χ4v) is 2.29. The third-order valence-corrected chi connectivity index (χ3v) is 3.52. The Bertz CT molecular complexity index is 369. The van der Waals surface area contributed by atoms with Crippen LogP contribution in [0.3, 0.4) is 0 Å². The number of hydrogen-bond donors (Lipinski definition) is 2. The van der Waals surface area contributed by atoms with Gasteiger partial charge in [-0.3, -0.25) is 9.88 Å². The van der Waals surface area contributed by atoms with Gasteiger partial charge in [0.1, 0.15) is 0 Å². The van der Waals surface area contributed by atoms with E-state index in [2.05, 4.69) is 27.2 Å². The van der Waals surface area contributed by atoms with E-state index in [1.807, 2.05) is 0 Å². The third-order valence-electron chi connectivity index (χ3n) is 3.52. The van der Waals surface area contributed by atoms with Gasteiger partial charge in [0.2, 0.25) is 0 Å². The Hall–Kier alpha value is -1.24. The van der Waals surface area contributed by atoms with E-state index >= 15 is 0 Å². The number of methoxy groups -OCH3 is 1. The summed E-state index contributed by atoms with van der Waals surface area (Å²) in [5.41, 5.74) is 3.43. The third kappa shape index (κ3) is 3.16. The van der Waals surface area contributed by atoms with Crippen LogP contribution in [0.1, 0.15) is 19.0 Å². The molecule has 2 heterocycles. The van der Waals surface area contributed by atoms with Crippen molar-refractivity contribution in [3.8, 4) is 0 Å². The summed E-state index contributed by atoms with van der Waals surface area (Å²) in [4.78, 5) is 10.8. The molecule has 0 radical (unpaired) electrons. The van der Waals surface area contributed by atoms with Crippen LogP contribution in [0.25, 0.3) is 0 Å². The highest BCUT2D eigenvalue weighted by atomic mass is 16.5. The monoisotopic (exact) mass is 251 g/mol. The summed E-state index contributed by atoms with van der Waals surface area (Å²) in [7, 11) is 1.78. The topological polar surface area (TPSA) is 76.3 Å². The van der Waals surface area contributed by atoms with Crippen LogP contribution in [0.4, 0.5) is 5.82 Å². The van der Waals surface area contributed by atoms with Gasteiger partial charge in [0.15, 0.2) is 5.82 Å². The van der Waals surface area contributed by atoms with Gasteiger partial charge in [0, 0.05) is 20.2 Å². The standard InChI is InChI=1S/C12H21N5O/c1-9-3-4-17(8-11(9)18-2)7-10-5-15-12(16-13)6-14-10/h5-6,9,11H,3-4,7-8,13H2,1-2H3,(H,15,16). The van der Waals surface area contributed by atoms with E-state index in [1.54, 1.807) is 19.5 Å². The predicted octanol–water partition coefficient (Wildman–Crippen LogP) is 0.619. The molecule has 0 saturated carbocycles. The van der Waals surface area contributed by atoms with Crippen LogP contribution in [0.15, 0.2) is 12.4 Å². The number of anilines is 1. The summed E-state index contributed by atoms with van der Waals surface area (Å²) in [6.07, 6.45) is 4.88. The summed E-state index contributed by atoms with van der Waals surface area (Å²) < 4.78 is 5.50. The first kappa shape index (κ1) is 13.2. The molecular formula is C12H21N5O. The smallest absolute Gasteiger partial charge is 0.158 e. The van der Waals surface area contributed by atoms with Crippen molar-refractivity contribution in [3.63, 3.8) is 0 Å². The van der Waals surface area contributed by atoms with Crippen LogP contribution in [0.5, 0.6) is 0 Å². The quantitative estimate of drug-likeness (QED) is 0.603. The van der Waals surface area contributed by atoms with E-state index in [4.69, 9.17) is 10.6 Å². The van der Waals surface area contributed by atoms with E-state index in [9.17, 15) is 0 Å². The number of nitrogens with zero attached hydrogens (tertiary/aromatic N) is 3. The SMILES string of the molecule is COC1CN(Cc2cnc(NN)cn2)CCC1C. The Morgan fingerprint density at radius 3 is 2.94 bits per heavy atom. The highest BCUT2D eigenvalue weighted by molar-refractivity contribution is 5.28. The van der Waals surface area contributed by atoms with Crippen molar-refractivity contribution >= 4 is 5.82 Å². The molecule has 1 aliphatic rings. The van der Waals surface area contributed by atoms with Gasteiger partial charge in [0.25, 0.3) is 0 Å². The van der Waals surface area contributed by atoms with Gasteiger partial charge < -0.3 is 10.2 Å². The minimum atomic E-state index is 0.316. The molecule has 2 unspecified atom stereocenters. The first-order valence-electron chi connectivity index (χ1n) is 6.25. The first-order valence-corrected chi connectivity index (χ1v) is 6.25. The molecule has 18 heavy (non-hydrogen) atoms. The summed E-state index contributed by atoms with van der Waals surface area (Å²) in [5, 5.41) is 0. The van der Waals surface area contributed by atoms with Gasteiger partial charge in [-0.05, 0) is 18.9 Å². The van der Waals surface area contributed by atoms with Crippen LogP contribution >= 0.6 is 0 Å². The fraction of sp³-hybridized carbons (Fsp3) is 0.667. The highest BCUT2D eigenvalue weighted by Gasteiger charge is 2.26. The summed E-state index contributed by atoms with van der Waals surface area (Å²) in [5.74, 6) is 6.47. The molecule has 6 nitrogen and oxygen atoms in total. The van der Waals surface area contributed by atoms with Gasteiger partial charge in [-0.25, -0.2) is 10.8 Å².